The average molecular weight is 343 g/mol. The Hall–Kier alpha value is -2.22. The van der Waals surface area contributed by atoms with E-state index >= 15 is 0 Å². The molecule has 0 bridgehead atoms. The fourth-order valence-electron chi connectivity index (χ4n) is 3.56. The van der Waals surface area contributed by atoms with Crippen molar-refractivity contribution in [2.45, 2.75) is 43.9 Å². The van der Waals surface area contributed by atoms with E-state index in [0.717, 1.165) is 5.56 Å². The van der Waals surface area contributed by atoms with Crippen LogP contribution in [0.3, 0.4) is 0 Å². The molecule has 0 atom stereocenters. The molecule has 25 heavy (non-hydrogen) atoms. The van der Waals surface area contributed by atoms with Crippen LogP contribution in [-0.2, 0) is 14.9 Å². The molecule has 1 aromatic carbocycles. The van der Waals surface area contributed by atoms with Gasteiger partial charge in [-0.3, -0.25) is 4.79 Å². The molecule has 3 rings (SSSR count). The van der Waals surface area contributed by atoms with Crippen LogP contribution in [0.25, 0.3) is 0 Å². The van der Waals surface area contributed by atoms with Gasteiger partial charge in [-0.1, -0.05) is 6.07 Å². The van der Waals surface area contributed by atoms with Gasteiger partial charge in [0.15, 0.2) is 11.5 Å². The molecule has 0 amide bonds. The van der Waals surface area contributed by atoms with Crippen LogP contribution in [-0.4, -0.2) is 26.8 Å². The number of hydrogen-bond donors (Lipinski definition) is 0. The smallest absolute Gasteiger partial charge is 0.308 e. The Morgan fingerprint density at radius 1 is 1.20 bits per heavy atom. The molecule has 5 nitrogen and oxygen atoms in total. The monoisotopic (exact) mass is 343 g/mol. The number of nitriles is 1. The van der Waals surface area contributed by atoms with Crippen LogP contribution in [0.15, 0.2) is 18.2 Å². The van der Waals surface area contributed by atoms with Crippen LogP contribution in [0.4, 0.5) is 0 Å². The molecule has 134 valence electrons. The zero-order valence-electron chi connectivity index (χ0n) is 14.9. The van der Waals surface area contributed by atoms with E-state index in [9.17, 15) is 10.1 Å². The van der Waals surface area contributed by atoms with Crippen LogP contribution < -0.4 is 9.47 Å². The molecule has 0 unspecified atom stereocenters. The van der Waals surface area contributed by atoms with Gasteiger partial charge < -0.3 is 14.2 Å². The molecule has 0 aliphatic heterocycles. The highest BCUT2D eigenvalue weighted by Crippen LogP contribution is 2.44. The van der Waals surface area contributed by atoms with E-state index in [1.54, 1.807) is 7.11 Å². The first-order valence-electron chi connectivity index (χ1n) is 8.92. The number of rotatable bonds is 6. The summed E-state index contributed by atoms with van der Waals surface area (Å²) >= 11 is 0. The summed E-state index contributed by atoms with van der Waals surface area (Å²) in [4.78, 5) is 11.8. The maximum absolute atomic E-state index is 11.8. The molecule has 0 spiro atoms. The second kappa shape index (κ2) is 7.35. The first-order chi connectivity index (χ1) is 12.1. The number of benzene rings is 1. The van der Waals surface area contributed by atoms with Crippen LogP contribution >= 0.6 is 0 Å². The molecule has 5 heteroatoms. The van der Waals surface area contributed by atoms with E-state index in [-0.39, 0.29) is 11.9 Å². The van der Waals surface area contributed by atoms with Crippen molar-refractivity contribution >= 4 is 5.97 Å². The lowest BCUT2D eigenvalue weighted by Gasteiger charge is -2.34. The van der Waals surface area contributed by atoms with Gasteiger partial charge in [0.25, 0.3) is 0 Å². The molecule has 2 aliphatic rings. The van der Waals surface area contributed by atoms with E-state index in [1.807, 2.05) is 18.2 Å². The molecule has 0 aromatic heterocycles. The van der Waals surface area contributed by atoms with E-state index in [0.29, 0.717) is 49.7 Å². The SMILES string of the molecule is COc1ccc([C@]2(C#N)CC[C@@H](C(=O)OC)CC2)cc1OCC1CC1. The first kappa shape index (κ1) is 17.6. The van der Waals surface area contributed by atoms with Crippen molar-refractivity contribution in [3.63, 3.8) is 0 Å². The third-order valence-corrected chi connectivity index (χ3v) is 5.48. The fourth-order valence-corrected chi connectivity index (χ4v) is 3.56. The summed E-state index contributed by atoms with van der Waals surface area (Å²) in [7, 11) is 3.04. The van der Waals surface area contributed by atoms with Gasteiger partial charge in [0.1, 0.15) is 0 Å². The van der Waals surface area contributed by atoms with Crippen LogP contribution in [0.5, 0.6) is 11.5 Å². The molecule has 2 fully saturated rings. The molecule has 0 radical (unpaired) electrons. The third kappa shape index (κ3) is 3.73. The van der Waals surface area contributed by atoms with E-state index in [4.69, 9.17) is 14.2 Å². The highest BCUT2D eigenvalue weighted by Gasteiger charge is 2.40. The molecule has 0 heterocycles. The van der Waals surface area contributed by atoms with Crippen LogP contribution in [0.2, 0.25) is 0 Å². The Morgan fingerprint density at radius 2 is 1.92 bits per heavy atom. The van der Waals surface area contributed by atoms with Crippen LogP contribution in [0.1, 0.15) is 44.1 Å². The van der Waals surface area contributed by atoms with Crippen molar-refractivity contribution in [2.24, 2.45) is 11.8 Å². The van der Waals surface area contributed by atoms with Crippen molar-refractivity contribution in [3.8, 4) is 17.6 Å². The summed E-state index contributed by atoms with van der Waals surface area (Å²) in [6, 6.07) is 8.28. The Kier molecular flexibility index (Phi) is 5.17. The Morgan fingerprint density at radius 3 is 2.48 bits per heavy atom. The molecular weight excluding hydrogens is 318 g/mol. The summed E-state index contributed by atoms with van der Waals surface area (Å²) in [5.41, 5.74) is 0.374. The summed E-state index contributed by atoms with van der Waals surface area (Å²) in [6.07, 6.45) is 5.09. The minimum absolute atomic E-state index is 0.102. The second-order valence-electron chi connectivity index (χ2n) is 7.11. The average Bonchev–Trinajstić information content (AvgIpc) is 3.50. The highest BCUT2D eigenvalue weighted by atomic mass is 16.5. The molecule has 2 aliphatic carbocycles. The number of ether oxygens (including phenoxy) is 3. The Labute approximate surface area is 148 Å². The van der Waals surface area contributed by atoms with E-state index in [2.05, 4.69) is 6.07 Å². The Bertz CT molecular complexity index is 667. The molecule has 1 aromatic rings. The number of hydrogen-bond acceptors (Lipinski definition) is 5. The van der Waals surface area contributed by atoms with Crippen molar-refractivity contribution < 1.29 is 19.0 Å². The van der Waals surface area contributed by atoms with Gasteiger partial charge in [-0.15, -0.1) is 0 Å². The minimum Gasteiger partial charge on any atom is -0.493 e. The van der Waals surface area contributed by atoms with Gasteiger partial charge >= 0.3 is 5.97 Å². The quantitative estimate of drug-likeness (QED) is 0.738. The largest absolute Gasteiger partial charge is 0.493 e. The zero-order valence-corrected chi connectivity index (χ0v) is 14.9. The molecule has 0 N–H and O–H groups in total. The van der Waals surface area contributed by atoms with E-state index < -0.39 is 5.41 Å². The van der Waals surface area contributed by atoms with Crippen molar-refractivity contribution in [1.29, 1.82) is 5.26 Å². The van der Waals surface area contributed by atoms with E-state index in [1.165, 1.54) is 20.0 Å². The number of esters is 1. The molecule has 0 saturated heterocycles. The third-order valence-electron chi connectivity index (χ3n) is 5.48. The lowest BCUT2D eigenvalue weighted by molar-refractivity contribution is -0.146. The highest BCUT2D eigenvalue weighted by molar-refractivity contribution is 5.72. The van der Waals surface area contributed by atoms with Crippen LogP contribution in [0, 0.1) is 23.2 Å². The van der Waals surface area contributed by atoms with Gasteiger partial charge in [0.2, 0.25) is 0 Å². The fraction of sp³-hybridized carbons (Fsp3) is 0.600. The lowest BCUT2D eigenvalue weighted by Crippen LogP contribution is -2.33. The zero-order chi connectivity index (χ0) is 17.9. The molecular formula is C20H25NO4. The summed E-state index contributed by atoms with van der Waals surface area (Å²) < 4.78 is 16.2. The predicted octanol–water partition coefficient (Wildman–Crippen LogP) is 3.61. The topological polar surface area (TPSA) is 68.5 Å². The molecule has 2 saturated carbocycles. The van der Waals surface area contributed by atoms with Gasteiger partial charge in [-0.05, 0) is 62.1 Å². The maximum Gasteiger partial charge on any atom is 0.308 e. The van der Waals surface area contributed by atoms with Crippen molar-refractivity contribution in [2.75, 3.05) is 20.8 Å². The maximum atomic E-state index is 11.8. The normalized spacial score (nSPS) is 25.7. The van der Waals surface area contributed by atoms with Gasteiger partial charge in [-0.2, -0.15) is 5.26 Å². The number of carbonyl (C=O) groups excluding carboxylic acids is 1. The summed E-state index contributed by atoms with van der Waals surface area (Å²) in [5.74, 6) is 1.77. The summed E-state index contributed by atoms with van der Waals surface area (Å²) in [6.45, 7) is 0.698. The number of methoxy groups -OCH3 is 2. The van der Waals surface area contributed by atoms with Gasteiger partial charge in [-0.25, -0.2) is 0 Å². The summed E-state index contributed by atoms with van der Waals surface area (Å²) in [5, 5.41) is 9.88. The number of nitrogens with zero attached hydrogens (tertiary/aromatic N) is 1. The first-order valence-corrected chi connectivity index (χ1v) is 8.92. The van der Waals surface area contributed by atoms with Gasteiger partial charge in [0.05, 0.1) is 38.2 Å². The standard InChI is InChI=1S/C20H25NO4/c1-23-17-6-5-16(11-18(17)25-12-14-3-4-14)20(13-21)9-7-15(8-10-20)19(22)24-2/h5-6,11,14-15H,3-4,7-10,12H2,1-2H3/t15-,20-. The van der Waals surface area contributed by atoms with Crippen molar-refractivity contribution in [1.82, 2.24) is 0 Å². The predicted molar refractivity (Wildman–Crippen MR) is 92.5 cm³/mol. The van der Waals surface area contributed by atoms with Crippen molar-refractivity contribution in [3.05, 3.63) is 23.8 Å². The minimum atomic E-state index is -0.575. The Balaban J connectivity index is 1.79. The second-order valence-corrected chi connectivity index (χ2v) is 7.11. The van der Waals surface area contributed by atoms with Gasteiger partial charge in [0, 0.05) is 0 Å². The number of carbonyl (C=O) groups is 1. The lowest BCUT2D eigenvalue weighted by atomic mass is 9.67.